The first kappa shape index (κ1) is 22.2. The van der Waals surface area contributed by atoms with Crippen LogP contribution in [0.4, 0.5) is 0 Å². The van der Waals surface area contributed by atoms with Gasteiger partial charge >= 0.3 is 0 Å². The van der Waals surface area contributed by atoms with E-state index in [9.17, 15) is 4.79 Å². The number of aryl methyl sites for hydroxylation is 1. The summed E-state index contributed by atoms with van der Waals surface area (Å²) in [6, 6.07) is 15.8. The van der Waals surface area contributed by atoms with E-state index >= 15 is 0 Å². The van der Waals surface area contributed by atoms with Crippen LogP contribution in [0.2, 0.25) is 0 Å². The van der Waals surface area contributed by atoms with Gasteiger partial charge in [0.2, 0.25) is 0 Å². The number of rotatable bonds is 9. The van der Waals surface area contributed by atoms with E-state index < -0.39 is 0 Å². The molecule has 1 N–H and O–H groups in total. The number of carbonyl (C=O) groups excluding carboxylic acids is 1. The van der Waals surface area contributed by atoms with Crippen molar-refractivity contribution in [2.24, 2.45) is 0 Å². The topological polar surface area (TPSA) is 65.4 Å². The molecule has 31 heavy (non-hydrogen) atoms. The molecule has 162 valence electrons. The fourth-order valence-corrected chi connectivity index (χ4v) is 3.38. The van der Waals surface area contributed by atoms with Gasteiger partial charge in [-0.1, -0.05) is 48.6 Å². The molecule has 0 bridgehead atoms. The van der Waals surface area contributed by atoms with Crippen molar-refractivity contribution in [1.29, 1.82) is 0 Å². The van der Waals surface area contributed by atoms with Gasteiger partial charge in [-0.15, -0.1) is 0 Å². The van der Waals surface area contributed by atoms with Gasteiger partial charge in [-0.25, -0.2) is 0 Å². The number of nitrogens with one attached hydrogen (secondary N) is 1. The lowest BCUT2D eigenvalue weighted by atomic mass is 10.2. The van der Waals surface area contributed by atoms with Crippen molar-refractivity contribution in [3.63, 3.8) is 0 Å². The van der Waals surface area contributed by atoms with Gasteiger partial charge in [0, 0.05) is 17.8 Å². The molecule has 0 atom stereocenters. The fraction of sp³-hybridized carbons (Fsp3) is 0.280. The summed E-state index contributed by atoms with van der Waals surface area (Å²) in [4.78, 5) is 12.4. The zero-order chi connectivity index (χ0) is 22.2. The minimum atomic E-state index is -0.200. The summed E-state index contributed by atoms with van der Waals surface area (Å²) in [5.74, 6) is 0.931. The summed E-state index contributed by atoms with van der Waals surface area (Å²) in [5.41, 5.74) is 5.18. The quantitative estimate of drug-likeness (QED) is 0.562. The van der Waals surface area contributed by atoms with Crippen molar-refractivity contribution in [3.05, 3.63) is 82.7 Å². The monoisotopic (exact) mass is 419 g/mol. The molecule has 6 heteroatoms. The van der Waals surface area contributed by atoms with E-state index in [2.05, 4.69) is 22.5 Å². The molecule has 0 radical (unpaired) electrons. The van der Waals surface area contributed by atoms with Gasteiger partial charge in [0.1, 0.15) is 0 Å². The van der Waals surface area contributed by atoms with Crippen LogP contribution in [0.5, 0.6) is 11.5 Å². The first-order chi connectivity index (χ1) is 15.0. The number of aromatic nitrogens is 2. The maximum atomic E-state index is 12.4. The average Bonchev–Trinajstić information content (AvgIpc) is 3.04. The van der Waals surface area contributed by atoms with Crippen LogP contribution in [-0.2, 0) is 17.9 Å². The predicted molar refractivity (Wildman–Crippen MR) is 122 cm³/mol. The fourth-order valence-electron chi connectivity index (χ4n) is 3.38. The molecular formula is C25H29N3O3. The highest BCUT2D eigenvalue weighted by Gasteiger charge is 2.14. The molecule has 2 aromatic carbocycles. The second-order valence-corrected chi connectivity index (χ2v) is 7.27. The van der Waals surface area contributed by atoms with Gasteiger partial charge in [0.25, 0.3) is 5.91 Å². The van der Waals surface area contributed by atoms with Gasteiger partial charge in [0.15, 0.2) is 18.1 Å². The third-order valence-electron chi connectivity index (χ3n) is 5.07. The van der Waals surface area contributed by atoms with Crippen LogP contribution in [-0.4, -0.2) is 29.4 Å². The molecule has 3 aromatic rings. The Hall–Kier alpha value is -3.54. The van der Waals surface area contributed by atoms with Gasteiger partial charge < -0.3 is 14.8 Å². The SMILES string of the molecule is C/C=C/c1ccc(OCC(=O)NCc2c(C)nn(Cc3ccccc3)c2C)c(OC)c1. The average molecular weight is 420 g/mol. The number of nitrogens with zero attached hydrogens (tertiary/aromatic N) is 2. The Morgan fingerprint density at radius 2 is 1.90 bits per heavy atom. The second kappa shape index (κ2) is 10.5. The standard InChI is InChI=1S/C25H29N3O3/c1-5-9-20-12-13-23(24(14-20)30-4)31-17-25(29)26-15-22-18(2)27-28(19(22)3)16-21-10-7-6-8-11-21/h5-14H,15-17H2,1-4H3,(H,26,29)/b9-5+. The van der Waals surface area contributed by atoms with Crippen molar-refractivity contribution < 1.29 is 14.3 Å². The highest BCUT2D eigenvalue weighted by molar-refractivity contribution is 5.77. The number of hydrogen-bond donors (Lipinski definition) is 1. The molecule has 0 aliphatic heterocycles. The maximum Gasteiger partial charge on any atom is 0.258 e. The lowest BCUT2D eigenvalue weighted by Crippen LogP contribution is -2.28. The summed E-state index contributed by atoms with van der Waals surface area (Å²) in [6.45, 7) is 6.97. The smallest absolute Gasteiger partial charge is 0.258 e. The third-order valence-corrected chi connectivity index (χ3v) is 5.07. The molecule has 1 aromatic heterocycles. The minimum Gasteiger partial charge on any atom is -0.493 e. The molecule has 0 aliphatic rings. The summed E-state index contributed by atoms with van der Waals surface area (Å²) in [7, 11) is 1.58. The van der Waals surface area contributed by atoms with Crippen molar-refractivity contribution in [2.45, 2.75) is 33.9 Å². The van der Waals surface area contributed by atoms with Crippen LogP contribution in [0.25, 0.3) is 6.08 Å². The van der Waals surface area contributed by atoms with Crippen LogP contribution in [0.15, 0.2) is 54.6 Å². The largest absolute Gasteiger partial charge is 0.493 e. The van der Waals surface area contributed by atoms with Crippen LogP contribution < -0.4 is 14.8 Å². The normalized spacial score (nSPS) is 11.0. The van der Waals surface area contributed by atoms with Crippen LogP contribution >= 0.6 is 0 Å². The van der Waals surface area contributed by atoms with Crippen LogP contribution in [0.1, 0.15) is 35.0 Å². The van der Waals surface area contributed by atoms with E-state index in [0.29, 0.717) is 24.6 Å². The summed E-state index contributed by atoms with van der Waals surface area (Å²) in [6.07, 6.45) is 3.93. The predicted octanol–water partition coefficient (Wildman–Crippen LogP) is 4.29. The lowest BCUT2D eigenvalue weighted by Gasteiger charge is -2.12. The van der Waals surface area contributed by atoms with Gasteiger partial charge in [-0.3, -0.25) is 9.48 Å². The number of allylic oxidation sites excluding steroid dienone is 1. The Labute approximate surface area is 183 Å². The van der Waals surface area contributed by atoms with Crippen LogP contribution in [0, 0.1) is 13.8 Å². The molecule has 0 unspecified atom stereocenters. The molecule has 0 saturated heterocycles. The number of benzene rings is 2. The van der Waals surface area contributed by atoms with E-state index in [-0.39, 0.29) is 12.5 Å². The third kappa shape index (κ3) is 5.75. The number of methoxy groups -OCH3 is 1. The molecule has 0 saturated carbocycles. The van der Waals surface area contributed by atoms with Gasteiger partial charge in [-0.2, -0.15) is 5.10 Å². The van der Waals surface area contributed by atoms with E-state index in [4.69, 9.17) is 9.47 Å². The van der Waals surface area contributed by atoms with Gasteiger partial charge in [-0.05, 0) is 44.0 Å². The molecular weight excluding hydrogens is 390 g/mol. The molecule has 1 heterocycles. The van der Waals surface area contributed by atoms with Crippen molar-refractivity contribution in [3.8, 4) is 11.5 Å². The highest BCUT2D eigenvalue weighted by Crippen LogP contribution is 2.28. The Morgan fingerprint density at radius 1 is 1.13 bits per heavy atom. The zero-order valence-corrected chi connectivity index (χ0v) is 18.5. The summed E-state index contributed by atoms with van der Waals surface area (Å²) >= 11 is 0. The summed E-state index contributed by atoms with van der Waals surface area (Å²) < 4.78 is 13.0. The molecule has 1 amide bonds. The first-order valence-electron chi connectivity index (χ1n) is 10.3. The highest BCUT2D eigenvalue weighted by atomic mass is 16.5. The van der Waals surface area contributed by atoms with Crippen LogP contribution in [0.3, 0.4) is 0 Å². The number of amides is 1. The Bertz CT molecular complexity index is 1060. The number of carbonyl (C=O) groups is 1. The number of ether oxygens (including phenoxy) is 2. The molecule has 0 fully saturated rings. The Morgan fingerprint density at radius 3 is 2.61 bits per heavy atom. The second-order valence-electron chi connectivity index (χ2n) is 7.27. The Balaban J connectivity index is 1.58. The van der Waals surface area contributed by atoms with E-state index in [1.807, 2.05) is 74.0 Å². The van der Waals surface area contributed by atoms with Crippen molar-refractivity contribution >= 4 is 12.0 Å². The lowest BCUT2D eigenvalue weighted by molar-refractivity contribution is -0.123. The minimum absolute atomic E-state index is 0.0877. The molecule has 0 spiro atoms. The van der Waals surface area contributed by atoms with Gasteiger partial charge in [0.05, 0.1) is 19.3 Å². The Kier molecular flexibility index (Phi) is 7.49. The first-order valence-corrected chi connectivity index (χ1v) is 10.3. The van der Waals surface area contributed by atoms with Crippen molar-refractivity contribution in [1.82, 2.24) is 15.1 Å². The summed E-state index contributed by atoms with van der Waals surface area (Å²) in [5, 5.41) is 7.56. The maximum absolute atomic E-state index is 12.4. The van der Waals surface area contributed by atoms with E-state index in [0.717, 1.165) is 22.5 Å². The molecule has 3 rings (SSSR count). The number of hydrogen-bond acceptors (Lipinski definition) is 4. The van der Waals surface area contributed by atoms with E-state index in [1.165, 1.54) is 5.56 Å². The zero-order valence-electron chi connectivity index (χ0n) is 18.5. The molecule has 0 aliphatic carbocycles. The molecule has 6 nitrogen and oxygen atoms in total. The van der Waals surface area contributed by atoms with E-state index in [1.54, 1.807) is 7.11 Å². The van der Waals surface area contributed by atoms with Crippen molar-refractivity contribution in [2.75, 3.05) is 13.7 Å².